The molecule has 2 heterocycles. The van der Waals surface area contributed by atoms with Gasteiger partial charge in [-0.3, -0.25) is 4.98 Å². The Balaban J connectivity index is 2.21. The fourth-order valence-corrected chi connectivity index (χ4v) is 1.44. The van der Waals surface area contributed by atoms with Gasteiger partial charge in [-0.2, -0.15) is 4.98 Å². The maximum absolute atomic E-state index is 5.67. The number of hydrogen-bond donors (Lipinski definition) is 1. The summed E-state index contributed by atoms with van der Waals surface area (Å²) in [6, 6.07) is 3.44. The number of nitrogens with zero attached hydrogens (tertiary/aromatic N) is 3. The molecule has 1 atom stereocenters. The summed E-state index contributed by atoms with van der Waals surface area (Å²) >= 11 is 0. The first-order valence-electron chi connectivity index (χ1n) is 5.83. The summed E-state index contributed by atoms with van der Waals surface area (Å²) in [5.41, 5.74) is 7.35. The number of rotatable bonds is 5. The van der Waals surface area contributed by atoms with Gasteiger partial charge in [0.1, 0.15) is 0 Å². The van der Waals surface area contributed by atoms with Gasteiger partial charge in [0.15, 0.2) is 0 Å². The van der Waals surface area contributed by atoms with E-state index >= 15 is 0 Å². The molecule has 0 fully saturated rings. The molecule has 0 bridgehead atoms. The maximum atomic E-state index is 5.67. The minimum absolute atomic E-state index is 0.268. The van der Waals surface area contributed by atoms with Gasteiger partial charge in [-0.25, -0.2) is 0 Å². The van der Waals surface area contributed by atoms with E-state index in [2.05, 4.69) is 15.1 Å². The predicted octanol–water partition coefficient (Wildman–Crippen LogP) is 1.69. The molecule has 2 rings (SSSR count). The summed E-state index contributed by atoms with van der Waals surface area (Å²) in [7, 11) is 0. The second-order valence-electron chi connectivity index (χ2n) is 3.92. The van der Waals surface area contributed by atoms with Crippen LogP contribution < -0.4 is 5.73 Å². The second-order valence-corrected chi connectivity index (χ2v) is 3.92. The van der Waals surface area contributed by atoms with Crippen LogP contribution in [0, 0.1) is 0 Å². The molecule has 0 aliphatic rings. The topological polar surface area (TPSA) is 87.1 Å². The number of aromatic nitrogens is 3. The molecule has 2 N–H and O–H groups in total. The van der Waals surface area contributed by atoms with Crippen LogP contribution in [0.4, 0.5) is 0 Å². The van der Waals surface area contributed by atoms with E-state index in [9.17, 15) is 0 Å². The first-order chi connectivity index (χ1) is 8.70. The van der Waals surface area contributed by atoms with Gasteiger partial charge in [0.05, 0.1) is 18.3 Å². The van der Waals surface area contributed by atoms with Gasteiger partial charge in [0, 0.05) is 18.4 Å². The van der Waals surface area contributed by atoms with Crippen LogP contribution in [0.1, 0.15) is 31.5 Å². The number of nitrogens with two attached hydrogens (primary N) is 1. The fourth-order valence-electron chi connectivity index (χ4n) is 1.44. The molecule has 0 radical (unpaired) electrons. The van der Waals surface area contributed by atoms with Crippen molar-refractivity contribution >= 4 is 0 Å². The lowest BCUT2D eigenvalue weighted by Gasteiger charge is -2.01. The number of pyridine rings is 1. The summed E-state index contributed by atoms with van der Waals surface area (Å²) in [5.74, 6) is 0.940. The lowest BCUT2D eigenvalue weighted by Crippen LogP contribution is -2.04. The van der Waals surface area contributed by atoms with Crippen molar-refractivity contribution < 1.29 is 9.26 Å². The van der Waals surface area contributed by atoms with Gasteiger partial charge < -0.3 is 15.0 Å². The van der Waals surface area contributed by atoms with Gasteiger partial charge >= 0.3 is 0 Å². The highest BCUT2D eigenvalue weighted by Gasteiger charge is 2.12. The molecule has 6 heteroatoms. The molecule has 2 aromatic rings. The zero-order valence-corrected chi connectivity index (χ0v) is 10.5. The van der Waals surface area contributed by atoms with Crippen molar-refractivity contribution in [2.24, 2.45) is 5.73 Å². The van der Waals surface area contributed by atoms with E-state index in [1.54, 1.807) is 13.1 Å². The third-order valence-electron chi connectivity index (χ3n) is 2.36. The van der Waals surface area contributed by atoms with Crippen LogP contribution in [0.3, 0.4) is 0 Å². The molecular formula is C12H16N4O2. The lowest BCUT2D eigenvalue weighted by molar-refractivity contribution is 0.131. The Bertz CT molecular complexity index is 510. The van der Waals surface area contributed by atoms with E-state index in [0.29, 0.717) is 24.9 Å². The largest absolute Gasteiger partial charge is 0.375 e. The molecular weight excluding hydrogens is 232 g/mol. The minimum Gasteiger partial charge on any atom is -0.375 e. The third kappa shape index (κ3) is 2.91. The molecule has 0 unspecified atom stereocenters. The Kier molecular flexibility index (Phi) is 4.01. The van der Waals surface area contributed by atoms with Crippen LogP contribution in [0.25, 0.3) is 11.4 Å². The standard InChI is InChI=1S/C12H16N4O2/c1-3-17-7-10-6-9(4-5-14-10)11-15-12(8(2)13)18-16-11/h4-6,8H,3,7,13H2,1-2H3/t8-/m0/s1. The SMILES string of the molecule is CCOCc1cc(-c2noc([C@H](C)N)n2)ccn1. The first kappa shape index (κ1) is 12.7. The van der Waals surface area contributed by atoms with Crippen LogP contribution in [0.15, 0.2) is 22.9 Å². The molecule has 18 heavy (non-hydrogen) atoms. The van der Waals surface area contributed by atoms with Crippen molar-refractivity contribution in [1.29, 1.82) is 0 Å². The van der Waals surface area contributed by atoms with Crippen LogP contribution in [0.2, 0.25) is 0 Å². The van der Waals surface area contributed by atoms with Gasteiger partial charge in [-0.05, 0) is 26.0 Å². The zero-order valence-electron chi connectivity index (χ0n) is 10.5. The molecule has 96 valence electrons. The van der Waals surface area contributed by atoms with Gasteiger partial charge in [0.25, 0.3) is 0 Å². The molecule has 0 saturated heterocycles. The molecule has 0 amide bonds. The highest BCUT2D eigenvalue weighted by Crippen LogP contribution is 2.18. The molecule has 0 aromatic carbocycles. The minimum atomic E-state index is -0.268. The number of ether oxygens (including phenoxy) is 1. The zero-order chi connectivity index (χ0) is 13.0. The van der Waals surface area contributed by atoms with Crippen LogP contribution in [0.5, 0.6) is 0 Å². The van der Waals surface area contributed by atoms with E-state index in [0.717, 1.165) is 11.3 Å². The van der Waals surface area contributed by atoms with E-state index in [4.69, 9.17) is 15.0 Å². The molecule has 6 nitrogen and oxygen atoms in total. The van der Waals surface area contributed by atoms with E-state index < -0.39 is 0 Å². The monoisotopic (exact) mass is 248 g/mol. The van der Waals surface area contributed by atoms with Crippen molar-refractivity contribution in [3.05, 3.63) is 29.9 Å². The Morgan fingerprint density at radius 3 is 3.00 bits per heavy atom. The van der Waals surface area contributed by atoms with E-state index in [1.807, 2.05) is 19.1 Å². The molecule has 0 aliphatic heterocycles. The lowest BCUT2D eigenvalue weighted by atomic mass is 10.2. The Hall–Kier alpha value is -1.79. The average molecular weight is 248 g/mol. The van der Waals surface area contributed by atoms with Crippen molar-refractivity contribution in [3.63, 3.8) is 0 Å². The summed E-state index contributed by atoms with van der Waals surface area (Å²) in [6.45, 7) is 4.87. The van der Waals surface area contributed by atoms with Crippen LogP contribution in [-0.4, -0.2) is 21.7 Å². The normalized spacial score (nSPS) is 12.6. The van der Waals surface area contributed by atoms with Gasteiger partial charge in [0.2, 0.25) is 11.7 Å². The Morgan fingerprint density at radius 1 is 1.50 bits per heavy atom. The fraction of sp³-hybridized carbons (Fsp3) is 0.417. The van der Waals surface area contributed by atoms with Crippen LogP contribution in [-0.2, 0) is 11.3 Å². The molecule has 0 aliphatic carbocycles. The van der Waals surface area contributed by atoms with E-state index in [-0.39, 0.29) is 6.04 Å². The molecule has 0 saturated carbocycles. The molecule has 0 spiro atoms. The Labute approximate surface area is 105 Å². The summed E-state index contributed by atoms with van der Waals surface area (Å²) in [5, 5.41) is 3.89. The Morgan fingerprint density at radius 2 is 2.33 bits per heavy atom. The quantitative estimate of drug-likeness (QED) is 0.866. The third-order valence-corrected chi connectivity index (χ3v) is 2.36. The predicted molar refractivity (Wildman–Crippen MR) is 65.5 cm³/mol. The summed E-state index contributed by atoms with van der Waals surface area (Å²) in [4.78, 5) is 8.44. The van der Waals surface area contributed by atoms with Gasteiger partial charge in [-0.1, -0.05) is 5.16 Å². The average Bonchev–Trinajstić information content (AvgIpc) is 2.86. The van der Waals surface area contributed by atoms with Crippen molar-refractivity contribution in [3.8, 4) is 11.4 Å². The van der Waals surface area contributed by atoms with Crippen molar-refractivity contribution in [2.75, 3.05) is 6.61 Å². The second kappa shape index (κ2) is 5.70. The van der Waals surface area contributed by atoms with Crippen LogP contribution >= 0.6 is 0 Å². The highest BCUT2D eigenvalue weighted by atomic mass is 16.5. The van der Waals surface area contributed by atoms with E-state index in [1.165, 1.54) is 0 Å². The first-order valence-corrected chi connectivity index (χ1v) is 5.83. The van der Waals surface area contributed by atoms with Gasteiger partial charge in [-0.15, -0.1) is 0 Å². The maximum Gasteiger partial charge on any atom is 0.243 e. The van der Waals surface area contributed by atoms with Crippen molar-refractivity contribution in [2.45, 2.75) is 26.5 Å². The van der Waals surface area contributed by atoms with Crippen molar-refractivity contribution in [1.82, 2.24) is 15.1 Å². The summed E-state index contributed by atoms with van der Waals surface area (Å²) < 4.78 is 10.4. The smallest absolute Gasteiger partial charge is 0.243 e. The number of hydrogen-bond acceptors (Lipinski definition) is 6. The summed E-state index contributed by atoms with van der Waals surface area (Å²) in [6.07, 6.45) is 1.70. The molecule has 2 aromatic heterocycles. The highest BCUT2D eigenvalue weighted by molar-refractivity contribution is 5.53.